The Morgan fingerprint density at radius 2 is 1.93 bits per heavy atom. The van der Waals surface area contributed by atoms with Crippen LogP contribution in [0.5, 0.6) is 5.75 Å². The highest BCUT2D eigenvalue weighted by atomic mass is 32.2. The summed E-state index contributed by atoms with van der Waals surface area (Å²) in [6, 6.07) is 5.30. The summed E-state index contributed by atoms with van der Waals surface area (Å²) in [5.74, 6) is 0.879. The molecule has 1 aromatic carbocycles. The lowest BCUT2D eigenvalue weighted by Crippen LogP contribution is -2.48. The van der Waals surface area contributed by atoms with Gasteiger partial charge >= 0.3 is 6.36 Å². The molecule has 0 amide bonds. The molecule has 2 heterocycles. The summed E-state index contributed by atoms with van der Waals surface area (Å²) in [4.78, 5) is 9.52. The second-order valence-electron chi connectivity index (χ2n) is 6.96. The Morgan fingerprint density at radius 1 is 1.21 bits per heavy atom. The lowest BCUT2D eigenvalue weighted by atomic mass is 9.77. The molecule has 1 aromatic heterocycles. The SMILES string of the molecule is O=S1CCc2nc(-c3ccc(OC(F)(F)F)cc3)nc(NC3(CO)CCC3)c21. The van der Waals surface area contributed by atoms with Crippen LogP contribution < -0.4 is 10.1 Å². The highest BCUT2D eigenvalue weighted by Gasteiger charge is 2.39. The van der Waals surface area contributed by atoms with Crippen molar-refractivity contribution < 1.29 is 27.2 Å². The van der Waals surface area contributed by atoms with Gasteiger partial charge in [0.05, 0.1) is 28.6 Å². The van der Waals surface area contributed by atoms with E-state index in [9.17, 15) is 22.5 Å². The highest BCUT2D eigenvalue weighted by molar-refractivity contribution is 7.85. The lowest BCUT2D eigenvalue weighted by molar-refractivity contribution is -0.274. The Balaban J connectivity index is 1.68. The van der Waals surface area contributed by atoms with Gasteiger partial charge in [-0.2, -0.15) is 0 Å². The van der Waals surface area contributed by atoms with E-state index in [1.54, 1.807) is 0 Å². The van der Waals surface area contributed by atoms with Crippen molar-refractivity contribution in [2.75, 3.05) is 17.7 Å². The third-order valence-electron chi connectivity index (χ3n) is 5.03. The number of halogens is 3. The van der Waals surface area contributed by atoms with Gasteiger partial charge in [-0.15, -0.1) is 13.2 Å². The molecule has 6 nitrogen and oxygen atoms in total. The number of hydrogen-bond acceptors (Lipinski definition) is 6. The quantitative estimate of drug-likeness (QED) is 0.784. The minimum atomic E-state index is -4.76. The zero-order valence-electron chi connectivity index (χ0n) is 14.8. The second kappa shape index (κ2) is 7.00. The summed E-state index contributed by atoms with van der Waals surface area (Å²) in [6.07, 6.45) is -1.67. The minimum absolute atomic E-state index is 0.0583. The highest BCUT2D eigenvalue weighted by Crippen LogP contribution is 2.38. The summed E-state index contributed by atoms with van der Waals surface area (Å²) < 4.78 is 53.3. The van der Waals surface area contributed by atoms with Gasteiger partial charge in [-0.25, -0.2) is 9.97 Å². The maximum atomic E-state index is 12.4. The lowest BCUT2D eigenvalue weighted by Gasteiger charge is -2.41. The van der Waals surface area contributed by atoms with Crippen LogP contribution in [0.2, 0.25) is 0 Å². The fourth-order valence-corrected chi connectivity index (χ4v) is 4.70. The molecule has 2 aliphatic rings. The van der Waals surface area contributed by atoms with E-state index >= 15 is 0 Å². The van der Waals surface area contributed by atoms with Gasteiger partial charge in [0, 0.05) is 17.7 Å². The number of hydrogen-bond donors (Lipinski definition) is 2. The average Bonchev–Trinajstić information content (AvgIpc) is 2.98. The molecule has 0 radical (unpaired) electrons. The van der Waals surface area contributed by atoms with Crippen LogP contribution >= 0.6 is 0 Å². The van der Waals surface area contributed by atoms with Crippen molar-refractivity contribution >= 4 is 16.6 Å². The Hall–Kier alpha value is -2.20. The summed E-state index contributed by atoms with van der Waals surface area (Å²) in [5.41, 5.74) is 0.704. The molecule has 0 spiro atoms. The van der Waals surface area contributed by atoms with Gasteiger partial charge in [0.1, 0.15) is 16.5 Å². The molecule has 1 saturated carbocycles. The first-order valence-electron chi connectivity index (χ1n) is 8.83. The molecule has 1 unspecified atom stereocenters. The van der Waals surface area contributed by atoms with E-state index in [0.717, 1.165) is 19.3 Å². The maximum absolute atomic E-state index is 12.4. The fourth-order valence-electron chi connectivity index (χ4n) is 3.39. The van der Waals surface area contributed by atoms with Crippen molar-refractivity contribution in [3.05, 3.63) is 30.0 Å². The van der Waals surface area contributed by atoms with E-state index in [1.165, 1.54) is 24.3 Å². The fraction of sp³-hybridized carbons (Fsp3) is 0.444. The van der Waals surface area contributed by atoms with Crippen molar-refractivity contribution in [2.24, 2.45) is 0 Å². The number of anilines is 1. The molecule has 1 atom stereocenters. The zero-order valence-corrected chi connectivity index (χ0v) is 15.6. The molecule has 0 saturated heterocycles. The van der Waals surface area contributed by atoms with Crippen molar-refractivity contribution in [3.8, 4) is 17.1 Å². The number of nitrogens with one attached hydrogen (secondary N) is 1. The number of fused-ring (bicyclic) bond motifs is 1. The number of benzene rings is 1. The minimum Gasteiger partial charge on any atom is -0.406 e. The third-order valence-corrected chi connectivity index (χ3v) is 6.49. The number of ether oxygens (including phenoxy) is 1. The predicted molar refractivity (Wildman–Crippen MR) is 96.4 cm³/mol. The molecular weight excluding hydrogens is 395 g/mol. The van der Waals surface area contributed by atoms with Crippen molar-refractivity contribution in [1.29, 1.82) is 0 Å². The van der Waals surface area contributed by atoms with Crippen molar-refractivity contribution in [2.45, 2.75) is 42.5 Å². The molecule has 1 aliphatic carbocycles. The summed E-state index contributed by atoms with van der Waals surface area (Å²) >= 11 is 0. The van der Waals surface area contributed by atoms with Gasteiger partial charge in [-0.05, 0) is 43.5 Å². The Labute approximate surface area is 161 Å². The summed E-state index contributed by atoms with van der Waals surface area (Å²) in [5, 5.41) is 13.0. The smallest absolute Gasteiger partial charge is 0.406 e. The summed E-state index contributed by atoms with van der Waals surface area (Å²) in [6.45, 7) is -0.0583. The molecular formula is C18H18F3N3O3S. The van der Waals surface area contributed by atoms with Gasteiger partial charge < -0.3 is 15.2 Å². The number of aryl methyl sites for hydroxylation is 1. The molecule has 150 valence electrons. The number of nitrogens with zero attached hydrogens (tertiary/aromatic N) is 2. The van der Waals surface area contributed by atoms with Crippen LogP contribution in [0.3, 0.4) is 0 Å². The molecule has 2 N–H and O–H groups in total. The van der Waals surface area contributed by atoms with Crippen LogP contribution in [0.15, 0.2) is 29.2 Å². The first-order chi connectivity index (χ1) is 13.3. The standard InChI is InChI=1S/C18H18F3N3O3S/c19-18(20,21)27-12-4-2-11(3-5-12)15-22-13-6-9-28(26)14(13)16(23-15)24-17(10-25)7-1-8-17/h2-5,25H,1,6-10H2,(H,22,23,24). The summed E-state index contributed by atoms with van der Waals surface area (Å²) in [7, 11) is -1.22. The molecule has 1 fully saturated rings. The van der Waals surface area contributed by atoms with E-state index in [4.69, 9.17) is 0 Å². The molecule has 10 heteroatoms. The first-order valence-corrected chi connectivity index (χ1v) is 10.1. The van der Waals surface area contributed by atoms with Gasteiger partial charge in [-0.3, -0.25) is 4.21 Å². The zero-order chi connectivity index (χ0) is 19.9. The topological polar surface area (TPSA) is 84.3 Å². The predicted octanol–water partition coefficient (Wildman–Crippen LogP) is 3.03. The van der Waals surface area contributed by atoms with Crippen LogP contribution in [0.4, 0.5) is 19.0 Å². The molecule has 1 aliphatic heterocycles. The first kappa shape index (κ1) is 19.1. The van der Waals surface area contributed by atoms with E-state index in [0.29, 0.717) is 40.0 Å². The van der Waals surface area contributed by atoms with Crippen LogP contribution in [0.25, 0.3) is 11.4 Å². The van der Waals surface area contributed by atoms with Crippen molar-refractivity contribution in [1.82, 2.24) is 9.97 Å². The molecule has 4 rings (SSSR count). The van der Waals surface area contributed by atoms with E-state index in [1.807, 2.05) is 0 Å². The normalized spacial score (nSPS) is 20.4. The van der Waals surface area contributed by atoms with Gasteiger partial charge in [0.2, 0.25) is 0 Å². The van der Waals surface area contributed by atoms with Gasteiger partial charge in [0.25, 0.3) is 0 Å². The number of rotatable bonds is 5. The van der Waals surface area contributed by atoms with E-state index in [2.05, 4.69) is 20.0 Å². The van der Waals surface area contributed by atoms with Crippen LogP contribution in [-0.4, -0.2) is 43.5 Å². The Kier molecular flexibility index (Phi) is 4.78. The average molecular weight is 413 g/mol. The van der Waals surface area contributed by atoms with Gasteiger partial charge in [0.15, 0.2) is 5.82 Å². The monoisotopic (exact) mass is 413 g/mol. The van der Waals surface area contributed by atoms with E-state index in [-0.39, 0.29) is 12.4 Å². The number of alkyl halides is 3. The Bertz CT molecular complexity index is 909. The molecule has 2 aromatic rings. The molecule has 0 bridgehead atoms. The van der Waals surface area contributed by atoms with Gasteiger partial charge in [-0.1, -0.05) is 0 Å². The van der Waals surface area contributed by atoms with Crippen molar-refractivity contribution in [3.63, 3.8) is 0 Å². The molecule has 28 heavy (non-hydrogen) atoms. The van der Waals surface area contributed by atoms with Crippen LogP contribution in [0, 0.1) is 0 Å². The van der Waals surface area contributed by atoms with Crippen LogP contribution in [0.1, 0.15) is 25.0 Å². The van der Waals surface area contributed by atoms with Crippen LogP contribution in [-0.2, 0) is 17.2 Å². The number of aliphatic hydroxyl groups is 1. The Morgan fingerprint density at radius 3 is 2.50 bits per heavy atom. The third kappa shape index (κ3) is 3.70. The number of aromatic nitrogens is 2. The largest absolute Gasteiger partial charge is 0.573 e. The van der Waals surface area contributed by atoms with E-state index < -0.39 is 22.7 Å². The second-order valence-corrected chi connectivity index (χ2v) is 8.47. The maximum Gasteiger partial charge on any atom is 0.573 e. The number of aliphatic hydroxyl groups excluding tert-OH is 1.